The molecule has 1 atom stereocenters. The number of furan rings is 1. The lowest BCUT2D eigenvalue weighted by Crippen LogP contribution is -2.44. The number of rotatable bonds is 10. The minimum atomic E-state index is -3.44. The summed E-state index contributed by atoms with van der Waals surface area (Å²) >= 11 is 0. The molecular formula is C14H27N3O3S. The van der Waals surface area contributed by atoms with Crippen molar-refractivity contribution in [2.75, 3.05) is 32.7 Å². The number of nitrogens with zero attached hydrogens (tertiary/aromatic N) is 2. The van der Waals surface area contributed by atoms with E-state index in [4.69, 9.17) is 4.42 Å². The molecule has 0 aromatic carbocycles. The molecule has 0 amide bonds. The van der Waals surface area contributed by atoms with E-state index < -0.39 is 10.2 Å². The molecule has 1 rings (SSSR count). The second-order valence-electron chi connectivity index (χ2n) is 4.69. The maximum Gasteiger partial charge on any atom is 0.279 e. The van der Waals surface area contributed by atoms with Gasteiger partial charge in [-0.2, -0.15) is 12.7 Å². The van der Waals surface area contributed by atoms with Crippen molar-refractivity contribution in [1.82, 2.24) is 13.9 Å². The van der Waals surface area contributed by atoms with Gasteiger partial charge in [0.15, 0.2) is 0 Å². The van der Waals surface area contributed by atoms with Gasteiger partial charge in [0.05, 0.1) is 12.3 Å². The molecule has 7 heteroatoms. The Morgan fingerprint density at radius 2 is 1.76 bits per heavy atom. The molecule has 21 heavy (non-hydrogen) atoms. The van der Waals surface area contributed by atoms with Gasteiger partial charge in [-0.15, -0.1) is 0 Å². The van der Waals surface area contributed by atoms with Gasteiger partial charge in [0.25, 0.3) is 10.2 Å². The summed E-state index contributed by atoms with van der Waals surface area (Å²) in [7, 11) is -3.44. The minimum absolute atomic E-state index is 0.0969. The van der Waals surface area contributed by atoms with E-state index in [0.717, 1.165) is 18.8 Å². The Morgan fingerprint density at radius 1 is 1.14 bits per heavy atom. The largest absolute Gasteiger partial charge is 0.468 e. The van der Waals surface area contributed by atoms with Crippen LogP contribution < -0.4 is 4.72 Å². The van der Waals surface area contributed by atoms with Crippen molar-refractivity contribution in [2.24, 2.45) is 0 Å². The third-order valence-corrected chi connectivity index (χ3v) is 5.36. The van der Waals surface area contributed by atoms with Crippen molar-refractivity contribution < 1.29 is 12.8 Å². The van der Waals surface area contributed by atoms with E-state index in [1.54, 1.807) is 6.26 Å². The lowest BCUT2D eigenvalue weighted by Gasteiger charge is -2.29. The summed E-state index contributed by atoms with van der Waals surface area (Å²) in [6.45, 7) is 10.6. The predicted octanol–water partition coefficient (Wildman–Crippen LogP) is 1.84. The number of hydrogen-bond donors (Lipinski definition) is 1. The summed E-state index contributed by atoms with van der Waals surface area (Å²) in [6, 6.07) is 3.61. The molecule has 1 unspecified atom stereocenters. The molecular weight excluding hydrogens is 290 g/mol. The van der Waals surface area contributed by atoms with Crippen LogP contribution in [-0.2, 0) is 10.2 Å². The molecule has 0 bridgehead atoms. The highest BCUT2D eigenvalue weighted by Crippen LogP contribution is 2.20. The minimum Gasteiger partial charge on any atom is -0.468 e. The van der Waals surface area contributed by atoms with Crippen LogP contribution in [0.25, 0.3) is 0 Å². The van der Waals surface area contributed by atoms with E-state index in [2.05, 4.69) is 23.5 Å². The summed E-state index contributed by atoms with van der Waals surface area (Å²) in [5, 5.41) is 0. The van der Waals surface area contributed by atoms with Crippen LogP contribution in [-0.4, -0.2) is 50.3 Å². The van der Waals surface area contributed by atoms with Gasteiger partial charge in [-0.3, -0.25) is 4.90 Å². The van der Waals surface area contributed by atoms with Crippen LogP contribution in [0.1, 0.15) is 39.5 Å². The van der Waals surface area contributed by atoms with E-state index in [1.165, 1.54) is 4.31 Å². The average molecular weight is 317 g/mol. The molecule has 0 aliphatic carbocycles. The van der Waals surface area contributed by atoms with Crippen molar-refractivity contribution in [3.05, 3.63) is 24.2 Å². The molecule has 0 fully saturated rings. The van der Waals surface area contributed by atoms with E-state index in [-0.39, 0.29) is 6.04 Å². The van der Waals surface area contributed by atoms with E-state index >= 15 is 0 Å². The first-order valence-electron chi connectivity index (χ1n) is 7.52. The quantitative estimate of drug-likeness (QED) is 0.715. The van der Waals surface area contributed by atoms with E-state index in [9.17, 15) is 8.42 Å². The average Bonchev–Trinajstić information content (AvgIpc) is 2.98. The second-order valence-corrected chi connectivity index (χ2v) is 6.45. The molecule has 122 valence electrons. The fourth-order valence-corrected chi connectivity index (χ4v) is 3.62. The summed E-state index contributed by atoms with van der Waals surface area (Å²) < 4.78 is 34.0. The molecule has 1 heterocycles. The van der Waals surface area contributed by atoms with E-state index in [0.29, 0.717) is 19.6 Å². The maximum atomic E-state index is 12.2. The van der Waals surface area contributed by atoms with Crippen LogP contribution in [0.5, 0.6) is 0 Å². The lowest BCUT2D eigenvalue weighted by atomic mass is 10.2. The molecule has 1 N–H and O–H groups in total. The Labute approximate surface area is 128 Å². The predicted molar refractivity (Wildman–Crippen MR) is 84.2 cm³/mol. The molecule has 0 spiro atoms. The zero-order chi connectivity index (χ0) is 15.9. The zero-order valence-electron chi connectivity index (χ0n) is 13.4. The van der Waals surface area contributed by atoms with Crippen molar-refractivity contribution in [3.63, 3.8) is 0 Å². The molecule has 0 aliphatic rings. The summed E-state index contributed by atoms with van der Waals surface area (Å²) in [4.78, 5) is 2.17. The summed E-state index contributed by atoms with van der Waals surface area (Å²) in [5.41, 5.74) is 0. The van der Waals surface area contributed by atoms with Gasteiger partial charge in [0, 0.05) is 19.6 Å². The highest BCUT2D eigenvalue weighted by Gasteiger charge is 2.25. The Balaban J connectivity index is 2.83. The molecule has 1 aromatic heterocycles. The lowest BCUT2D eigenvalue weighted by molar-refractivity contribution is 0.193. The molecule has 0 aliphatic heterocycles. The summed E-state index contributed by atoms with van der Waals surface area (Å²) in [6.07, 6.45) is 1.62. The SMILES string of the molecule is CCN(CC)C(CNS(=O)(=O)N(CC)CC)c1ccco1. The third kappa shape index (κ3) is 4.81. The van der Waals surface area contributed by atoms with E-state index in [1.807, 2.05) is 26.0 Å². The third-order valence-electron chi connectivity index (χ3n) is 3.63. The normalized spacial score (nSPS) is 14.0. The van der Waals surface area contributed by atoms with Crippen molar-refractivity contribution in [2.45, 2.75) is 33.7 Å². The van der Waals surface area contributed by atoms with Gasteiger partial charge >= 0.3 is 0 Å². The first kappa shape index (κ1) is 18.2. The maximum absolute atomic E-state index is 12.2. The van der Waals surface area contributed by atoms with Gasteiger partial charge in [-0.1, -0.05) is 27.7 Å². The smallest absolute Gasteiger partial charge is 0.279 e. The molecule has 0 radical (unpaired) electrons. The Morgan fingerprint density at radius 3 is 2.19 bits per heavy atom. The Hall–Kier alpha value is -0.890. The van der Waals surface area contributed by atoms with Gasteiger partial charge in [0.1, 0.15) is 5.76 Å². The number of nitrogens with one attached hydrogen (secondary N) is 1. The van der Waals surface area contributed by atoms with Crippen LogP contribution in [0.3, 0.4) is 0 Å². The van der Waals surface area contributed by atoms with Crippen LogP contribution in [0.15, 0.2) is 22.8 Å². The van der Waals surface area contributed by atoms with Gasteiger partial charge in [-0.05, 0) is 25.2 Å². The first-order valence-corrected chi connectivity index (χ1v) is 8.96. The second kappa shape index (κ2) is 8.53. The van der Waals surface area contributed by atoms with Gasteiger partial charge in [-0.25, -0.2) is 4.72 Å². The van der Waals surface area contributed by atoms with Crippen molar-refractivity contribution >= 4 is 10.2 Å². The van der Waals surface area contributed by atoms with Crippen molar-refractivity contribution in [3.8, 4) is 0 Å². The van der Waals surface area contributed by atoms with Crippen LogP contribution in [0.4, 0.5) is 0 Å². The van der Waals surface area contributed by atoms with Crippen LogP contribution in [0, 0.1) is 0 Å². The Bertz CT molecular complexity index is 480. The van der Waals surface area contributed by atoms with Crippen molar-refractivity contribution in [1.29, 1.82) is 0 Å². The van der Waals surface area contributed by atoms with Crippen LogP contribution in [0.2, 0.25) is 0 Å². The monoisotopic (exact) mass is 317 g/mol. The molecule has 1 aromatic rings. The topological polar surface area (TPSA) is 65.8 Å². The number of hydrogen-bond acceptors (Lipinski definition) is 4. The van der Waals surface area contributed by atoms with Gasteiger partial charge < -0.3 is 4.42 Å². The molecule has 6 nitrogen and oxygen atoms in total. The highest BCUT2D eigenvalue weighted by molar-refractivity contribution is 7.87. The fourth-order valence-electron chi connectivity index (χ4n) is 2.39. The first-order chi connectivity index (χ1) is 10.00. The molecule has 0 saturated carbocycles. The Kier molecular flexibility index (Phi) is 7.37. The summed E-state index contributed by atoms with van der Waals surface area (Å²) in [5.74, 6) is 0.779. The van der Waals surface area contributed by atoms with Crippen LogP contribution >= 0.6 is 0 Å². The standard InChI is InChI=1S/C14H27N3O3S/c1-5-16(6-2)13(14-10-9-11-20-14)12-15-21(18,19)17(7-3)8-4/h9-11,13,15H,5-8,12H2,1-4H3. The fraction of sp³-hybridized carbons (Fsp3) is 0.714. The zero-order valence-corrected chi connectivity index (χ0v) is 14.2. The van der Waals surface area contributed by atoms with Gasteiger partial charge in [0.2, 0.25) is 0 Å². The number of likely N-dealkylation sites (N-methyl/N-ethyl adjacent to an activating group) is 1. The highest BCUT2D eigenvalue weighted by atomic mass is 32.2. The molecule has 0 saturated heterocycles.